The Hall–Kier alpha value is -1.51. The first-order valence-corrected chi connectivity index (χ1v) is 5.73. The fourth-order valence-electron chi connectivity index (χ4n) is 1.54. The van der Waals surface area contributed by atoms with E-state index < -0.39 is 0 Å². The highest BCUT2D eigenvalue weighted by Gasteiger charge is 2.00. The fraction of sp³-hybridized carbons (Fsp3) is 0.143. The van der Waals surface area contributed by atoms with Gasteiger partial charge in [-0.3, -0.25) is 0 Å². The van der Waals surface area contributed by atoms with Crippen molar-refractivity contribution in [3.63, 3.8) is 0 Å². The number of rotatable bonds is 4. The summed E-state index contributed by atoms with van der Waals surface area (Å²) in [6.45, 7) is 0.453. The van der Waals surface area contributed by atoms with Gasteiger partial charge in [0.15, 0.2) is 0 Å². The molecule has 0 fully saturated rings. The smallest absolute Gasteiger partial charge is 0.121 e. The molecule has 0 unspecified atom stereocenters. The summed E-state index contributed by atoms with van der Waals surface area (Å²) in [6.07, 6.45) is 0. The minimum atomic E-state index is -0.0394. The van der Waals surface area contributed by atoms with Crippen LogP contribution in [0.15, 0.2) is 48.5 Å². The monoisotopic (exact) mass is 248 g/mol. The van der Waals surface area contributed by atoms with Crippen molar-refractivity contribution in [2.45, 2.75) is 13.2 Å². The maximum Gasteiger partial charge on any atom is 0.121 e. The molecule has 2 aromatic carbocycles. The summed E-state index contributed by atoms with van der Waals surface area (Å²) in [6, 6.07) is 15.1. The van der Waals surface area contributed by atoms with E-state index >= 15 is 0 Å². The maximum atomic E-state index is 9.06. The molecule has 0 amide bonds. The second-order valence-corrected chi connectivity index (χ2v) is 4.16. The number of aliphatic hydroxyl groups is 1. The van der Waals surface area contributed by atoms with Crippen molar-refractivity contribution >= 4 is 11.6 Å². The number of benzene rings is 2. The Kier molecular flexibility index (Phi) is 4.02. The minimum absolute atomic E-state index is 0.0394. The summed E-state index contributed by atoms with van der Waals surface area (Å²) >= 11 is 5.92. The average molecular weight is 249 g/mol. The molecule has 0 aliphatic carbocycles. The molecule has 2 aromatic rings. The Morgan fingerprint density at radius 1 is 1.00 bits per heavy atom. The Bertz CT molecular complexity index is 483. The van der Waals surface area contributed by atoms with E-state index in [1.807, 2.05) is 30.3 Å². The quantitative estimate of drug-likeness (QED) is 0.899. The van der Waals surface area contributed by atoms with E-state index in [1.165, 1.54) is 0 Å². The Morgan fingerprint density at radius 3 is 2.47 bits per heavy atom. The lowest BCUT2D eigenvalue weighted by molar-refractivity contribution is 0.278. The molecule has 88 valence electrons. The standard InChI is InChI=1S/C14H13ClO2/c15-13-6-12(9-16)7-14(8-13)17-10-11-4-2-1-3-5-11/h1-8,16H,9-10H2. The van der Waals surface area contributed by atoms with Crippen molar-refractivity contribution in [2.75, 3.05) is 0 Å². The predicted octanol–water partition coefficient (Wildman–Crippen LogP) is 3.41. The summed E-state index contributed by atoms with van der Waals surface area (Å²) < 4.78 is 5.62. The highest BCUT2D eigenvalue weighted by atomic mass is 35.5. The van der Waals surface area contributed by atoms with Gasteiger partial charge < -0.3 is 9.84 Å². The Balaban J connectivity index is 2.06. The molecular weight excluding hydrogens is 236 g/mol. The topological polar surface area (TPSA) is 29.5 Å². The molecule has 2 nitrogen and oxygen atoms in total. The van der Waals surface area contributed by atoms with Crippen molar-refractivity contribution in [1.82, 2.24) is 0 Å². The first-order chi connectivity index (χ1) is 8.28. The van der Waals surface area contributed by atoms with Gasteiger partial charge in [-0.05, 0) is 29.3 Å². The lowest BCUT2D eigenvalue weighted by atomic mass is 10.2. The summed E-state index contributed by atoms with van der Waals surface area (Å²) in [5.41, 5.74) is 1.85. The van der Waals surface area contributed by atoms with E-state index in [9.17, 15) is 0 Å². The zero-order chi connectivity index (χ0) is 12.1. The molecule has 0 aliphatic heterocycles. The van der Waals surface area contributed by atoms with Gasteiger partial charge in [-0.1, -0.05) is 41.9 Å². The van der Waals surface area contributed by atoms with Crippen LogP contribution in [0.5, 0.6) is 5.75 Å². The molecule has 0 aromatic heterocycles. The third-order valence-electron chi connectivity index (χ3n) is 2.36. The van der Waals surface area contributed by atoms with Crippen LogP contribution in [0.3, 0.4) is 0 Å². The number of aliphatic hydroxyl groups excluding tert-OH is 1. The zero-order valence-corrected chi connectivity index (χ0v) is 10.0. The van der Waals surface area contributed by atoms with Crippen molar-refractivity contribution in [2.24, 2.45) is 0 Å². The minimum Gasteiger partial charge on any atom is -0.489 e. The van der Waals surface area contributed by atoms with Crippen molar-refractivity contribution in [3.05, 3.63) is 64.7 Å². The van der Waals surface area contributed by atoms with E-state index in [1.54, 1.807) is 18.2 Å². The highest BCUT2D eigenvalue weighted by molar-refractivity contribution is 6.30. The van der Waals surface area contributed by atoms with Gasteiger partial charge in [-0.2, -0.15) is 0 Å². The van der Waals surface area contributed by atoms with Gasteiger partial charge in [-0.25, -0.2) is 0 Å². The number of hydrogen-bond donors (Lipinski definition) is 1. The number of ether oxygens (including phenoxy) is 1. The Labute approximate surface area is 105 Å². The van der Waals surface area contributed by atoms with Crippen LogP contribution in [-0.4, -0.2) is 5.11 Å². The van der Waals surface area contributed by atoms with Gasteiger partial charge >= 0.3 is 0 Å². The van der Waals surface area contributed by atoms with Crippen LogP contribution in [0.4, 0.5) is 0 Å². The second-order valence-electron chi connectivity index (χ2n) is 3.73. The molecule has 0 bridgehead atoms. The van der Waals surface area contributed by atoms with Gasteiger partial charge in [0.25, 0.3) is 0 Å². The first-order valence-electron chi connectivity index (χ1n) is 5.35. The molecule has 0 aliphatic rings. The Morgan fingerprint density at radius 2 is 1.76 bits per heavy atom. The molecule has 0 spiro atoms. The molecule has 17 heavy (non-hydrogen) atoms. The molecule has 0 heterocycles. The summed E-state index contributed by atoms with van der Waals surface area (Å²) in [7, 11) is 0. The van der Waals surface area contributed by atoms with Crippen LogP contribution in [0, 0.1) is 0 Å². The van der Waals surface area contributed by atoms with E-state index in [4.69, 9.17) is 21.4 Å². The van der Waals surface area contributed by atoms with Gasteiger partial charge in [0, 0.05) is 5.02 Å². The zero-order valence-electron chi connectivity index (χ0n) is 9.27. The van der Waals surface area contributed by atoms with Crippen molar-refractivity contribution < 1.29 is 9.84 Å². The third-order valence-corrected chi connectivity index (χ3v) is 2.58. The third kappa shape index (κ3) is 3.48. The van der Waals surface area contributed by atoms with Crippen LogP contribution in [-0.2, 0) is 13.2 Å². The average Bonchev–Trinajstić information content (AvgIpc) is 2.37. The lowest BCUT2D eigenvalue weighted by Crippen LogP contribution is -1.96. The van der Waals surface area contributed by atoms with Gasteiger partial charge in [0.2, 0.25) is 0 Å². The van der Waals surface area contributed by atoms with Crippen LogP contribution in [0.1, 0.15) is 11.1 Å². The molecule has 0 atom stereocenters. The molecule has 0 radical (unpaired) electrons. The normalized spacial score (nSPS) is 10.2. The molecular formula is C14H13ClO2. The summed E-state index contributed by atoms with van der Waals surface area (Å²) in [5, 5.41) is 9.63. The van der Waals surface area contributed by atoms with E-state index in [0.29, 0.717) is 17.4 Å². The van der Waals surface area contributed by atoms with Gasteiger partial charge in [0.05, 0.1) is 6.61 Å². The van der Waals surface area contributed by atoms with Gasteiger partial charge in [-0.15, -0.1) is 0 Å². The van der Waals surface area contributed by atoms with Crippen molar-refractivity contribution in [3.8, 4) is 5.75 Å². The second kappa shape index (κ2) is 5.71. The highest BCUT2D eigenvalue weighted by Crippen LogP contribution is 2.22. The fourth-order valence-corrected chi connectivity index (χ4v) is 1.78. The largest absolute Gasteiger partial charge is 0.489 e. The predicted molar refractivity (Wildman–Crippen MR) is 68.1 cm³/mol. The van der Waals surface area contributed by atoms with E-state index in [2.05, 4.69) is 0 Å². The molecule has 1 N–H and O–H groups in total. The molecule has 2 rings (SSSR count). The molecule has 3 heteroatoms. The van der Waals surface area contributed by atoms with Crippen molar-refractivity contribution in [1.29, 1.82) is 0 Å². The van der Waals surface area contributed by atoms with Crippen LogP contribution in [0.25, 0.3) is 0 Å². The molecule has 0 saturated heterocycles. The summed E-state index contributed by atoms with van der Waals surface area (Å²) in [5.74, 6) is 0.672. The van der Waals surface area contributed by atoms with Crippen LogP contribution in [0.2, 0.25) is 5.02 Å². The van der Waals surface area contributed by atoms with E-state index in [-0.39, 0.29) is 6.61 Å². The summed E-state index contributed by atoms with van der Waals surface area (Å²) in [4.78, 5) is 0. The van der Waals surface area contributed by atoms with Crippen LogP contribution >= 0.6 is 11.6 Å². The SMILES string of the molecule is OCc1cc(Cl)cc(OCc2ccccc2)c1. The first kappa shape index (κ1) is 12.0. The molecule has 0 saturated carbocycles. The lowest BCUT2D eigenvalue weighted by Gasteiger charge is -2.08. The van der Waals surface area contributed by atoms with Crippen LogP contribution < -0.4 is 4.74 Å². The maximum absolute atomic E-state index is 9.06. The number of halogens is 1. The van der Waals surface area contributed by atoms with E-state index in [0.717, 1.165) is 11.1 Å². The number of hydrogen-bond acceptors (Lipinski definition) is 2. The van der Waals surface area contributed by atoms with Gasteiger partial charge in [0.1, 0.15) is 12.4 Å².